The largest absolute Gasteiger partial charge is 0.398 e. The van der Waals surface area contributed by atoms with Gasteiger partial charge < -0.3 is 16.4 Å². The number of rotatable bonds is 15. The molecule has 0 heterocycles. The van der Waals surface area contributed by atoms with E-state index in [0.29, 0.717) is 28.5 Å². The molecule has 1 aliphatic carbocycles. The Balaban J connectivity index is 2.34. The first kappa shape index (κ1) is 34.6. The number of nitrogens with two attached hydrogens (primary N) is 1. The van der Waals surface area contributed by atoms with Crippen LogP contribution in [0.2, 0.25) is 0 Å². The fourth-order valence-electron chi connectivity index (χ4n) is 4.91. The van der Waals surface area contributed by atoms with Gasteiger partial charge in [0.1, 0.15) is 5.82 Å². The van der Waals surface area contributed by atoms with Crippen LogP contribution in [-0.4, -0.2) is 5.71 Å². The van der Waals surface area contributed by atoms with Crippen LogP contribution in [0.3, 0.4) is 0 Å². The molecule has 1 aromatic carbocycles. The van der Waals surface area contributed by atoms with Crippen molar-refractivity contribution in [3.63, 3.8) is 0 Å². The van der Waals surface area contributed by atoms with Crippen LogP contribution in [0, 0.1) is 17.1 Å². The van der Waals surface area contributed by atoms with Crippen molar-refractivity contribution < 1.29 is 4.39 Å². The van der Waals surface area contributed by atoms with E-state index in [0.717, 1.165) is 52.2 Å². The highest BCUT2D eigenvalue weighted by atomic mass is 19.1. The van der Waals surface area contributed by atoms with E-state index in [9.17, 15) is 4.39 Å². The monoisotopic (exact) mass is 578 g/mol. The zero-order chi connectivity index (χ0) is 32.1. The van der Waals surface area contributed by atoms with E-state index in [4.69, 9.17) is 11.1 Å². The van der Waals surface area contributed by atoms with Crippen LogP contribution in [0.5, 0.6) is 0 Å². The second-order valence-corrected chi connectivity index (χ2v) is 10.6. The molecule has 43 heavy (non-hydrogen) atoms. The Bertz CT molecular complexity index is 1470. The Kier molecular flexibility index (Phi) is 13.4. The van der Waals surface area contributed by atoms with E-state index in [2.05, 4.69) is 43.5 Å². The van der Waals surface area contributed by atoms with Gasteiger partial charge in [0, 0.05) is 28.4 Å². The molecule has 0 aliphatic heterocycles. The molecule has 1 saturated carbocycles. The first-order valence-corrected chi connectivity index (χ1v) is 14.6. The van der Waals surface area contributed by atoms with Crippen LogP contribution >= 0.6 is 0 Å². The van der Waals surface area contributed by atoms with Crippen molar-refractivity contribution in [2.45, 2.75) is 53.4 Å². The Morgan fingerprint density at radius 3 is 2.26 bits per heavy atom. The summed E-state index contributed by atoms with van der Waals surface area (Å²) in [6.45, 7) is 28.0. The smallest absolute Gasteiger partial charge is 0.123 e. The molecule has 0 radical (unpaired) electrons. The molecular formula is C38H47FN4. The van der Waals surface area contributed by atoms with Crippen molar-refractivity contribution in [2.75, 3.05) is 0 Å². The van der Waals surface area contributed by atoms with Crippen LogP contribution in [-0.2, 0) is 0 Å². The summed E-state index contributed by atoms with van der Waals surface area (Å²) in [5.41, 5.74) is 14.3. The predicted octanol–water partition coefficient (Wildman–Crippen LogP) is 9.47. The molecule has 0 spiro atoms. The summed E-state index contributed by atoms with van der Waals surface area (Å²) in [6, 6.07) is 6.40. The molecule has 226 valence electrons. The van der Waals surface area contributed by atoms with Crippen molar-refractivity contribution in [2.24, 2.45) is 11.7 Å². The lowest BCUT2D eigenvalue weighted by Crippen LogP contribution is -2.22. The van der Waals surface area contributed by atoms with Gasteiger partial charge in [-0.05, 0) is 105 Å². The summed E-state index contributed by atoms with van der Waals surface area (Å²) in [7, 11) is 0. The molecule has 2 rings (SSSR count). The molecule has 1 aromatic rings. The van der Waals surface area contributed by atoms with E-state index >= 15 is 0 Å². The lowest BCUT2D eigenvalue weighted by atomic mass is 9.96. The number of benzene rings is 1. The van der Waals surface area contributed by atoms with Crippen molar-refractivity contribution in [3.8, 4) is 0 Å². The van der Waals surface area contributed by atoms with E-state index in [1.165, 1.54) is 25.0 Å². The highest BCUT2D eigenvalue weighted by Crippen LogP contribution is 2.30. The minimum absolute atomic E-state index is 0.125. The van der Waals surface area contributed by atoms with E-state index < -0.39 is 0 Å². The molecule has 4 nitrogen and oxygen atoms in total. The van der Waals surface area contributed by atoms with E-state index in [-0.39, 0.29) is 11.5 Å². The summed E-state index contributed by atoms with van der Waals surface area (Å²) in [6.07, 6.45) is 17.5. The van der Waals surface area contributed by atoms with Crippen LogP contribution in [0.15, 0.2) is 150 Å². The summed E-state index contributed by atoms with van der Waals surface area (Å²) < 4.78 is 14.0. The summed E-state index contributed by atoms with van der Waals surface area (Å²) in [5.74, 6) is 0.151. The zero-order valence-electron chi connectivity index (χ0n) is 26.2. The van der Waals surface area contributed by atoms with Gasteiger partial charge >= 0.3 is 0 Å². The van der Waals surface area contributed by atoms with Crippen molar-refractivity contribution >= 4 is 11.3 Å². The summed E-state index contributed by atoms with van der Waals surface area (Å²) >= 11 is 0. The van der Waals surface area contributed by atoms with Crippen LogP contribution in [0.4, 0.5) is 4.39 Å². The number of allylic oxidation sites excluding steroid dienone is 15. The van der Waals surface area contributed by atoms with Crippen LogP contribution < -0.4 is 16.4 Å². The third-order valence-electron chi connectivity index (χ3n) is 7.60. The molecule has 1 fully saturated rings. The minimum atomic E-state index is -0.320. The maximum atomic E-state index is 14.0. The maximum absolute atomic E-state index is 14.0. The van der Waals surface area contributed by atoms with Gasteiger partial charge in [0.2, 0.25) is 0 Å². The SMILES string of the molecule is C=C/C=C(\C(C)=C(/C)NC(=C)C(=N)C(=C/C(=C)C(/C=C(\C=C)NC(=C)C1CCCC1)=C/C)/C(N)=C\C)c1cccc(F)c1. The van der Waals surface area contributed by atoms with Gasteiger partial charge in [-0.2, -0.15) is 0 Å². The normalized spacial score (nSPS) is 15.9. The number of halogens is 1. The minimum Gasteiger partial charge on any atom is -0.398 e. The number of nitrogens with one attached hydrogen (secondary N) is 3. The van der Waals surface area contributed by atoms with Gasteiger partial charge in [-0.15, -0.1) is 0 Å². The fraction of sp³-hybridized carbons (Fsp3) is 0.237. The highest BCUT2D eigenvalue weighted by Gasteiger charge is 2.19. The van der Waals surface area contributed by atoms with Gasteiger partial charge in [-0.1, -0.05) is 82.2 Å². The van der Waals surface area contributed by atoms with Gasteiger partial charge in [0.15, 0.2) is 0 Å². The lowest BCUT2D eigenvalue weighted by Gasteiger charge is -2.19. The number of hydrogen-bond acceptors (Lipinski definition) is 4. The average Bonchev–Trinajstić information content (AvgIpc) is 3.54. The van der Waals surface area contributed by atoms with Gasteiger partial charge in [0.25, 0.3) is 0 Å². The molecule has 1 aliphatic rings. The highest BCUT2D eigenvalue weighted by molar-refractivity contribution is 6.12. The second kappa shape index (κ2) is 16.7. The van der Waals surface area contributed by atoms with Crippen LogP contribution in [0.25, 0.3) is 5.57 Å². The molecule has 0 unspecified atom stereocenters. The average molecular weight is 579 g/mol. The lowest BCUT2D eigenvalue weighted by molar-refractivity contribution is 0.607. The third kappa shape index (κ3) is 9.71. The molecule has 0 saturated heterocycles. The van der Waals surface area contributed by atoms with Crippen LogP contribution in [0.1, 0.15) is 58.9 Å². The Hall–Kier alpha value is -4.64. The second-order valence-electron chi connectivity index (χ2n) is 10.6. The van der Waals surface area contributed by atoms with E-state index in [1.54, 1.807) is 30.4 Å². The zero-order valence-corrected chi connectivity index (χ0v) is 26.2. The Morgan fingerprint density at radius 2 is 1.70 bits per heavy atom. The molecule has 0 amide bonds. The van der Waals surface area contributed by atoms with E-state index in [1.807, 2.05) is 52.0 Å². The molecule has 5 N–H and O–H groups in total. The fourth-order valence-corrected chi connectivity index (χ4v) is 4.91. The Morgan fingerprint density at radius 1 is 1.02 bits per heavy atom. The summed E-state index contributed by atoms with van der Waals surface area (Å²) in [5, 5.41) is 15.7. The third-order valence-corrected chi connectivity index (χ3v) is 7.60. The van der Waals surface area contributed by atoms with Crippen molar-refractivity contribution in [1.29, 1.82) is 5.41 Å². The standard InChI is InChI=1S/C38H47FN4/c1-10-17-35(32-20-16-21-33(39)23-32)26(6)27(7)42-29(9)38(41)36(37(40)13-4)22-25(5)30(11-2)24-34(12-3)43-28(8)31-18-14-15-19-31/h10-13,16-17,20-24,31,41-43H,1,3,5,8-9,14-15,18-19,40H2,2,4,6-7H3/b27-26+,30-11+,34-24+,35-17+,36-22+,37-13+,41-38?. The van der Waals surface area contributed by atoms with Crippen molar-refractivity contribution in [1.82, 2.24) is 10.6 Å². The number of hydrogen-bond donors (Lipinski definition) is 4. The summed E-state index contributed by atoms with van der Waals surface area (Å²) in [4.78, 5) is 0. The molecule has 0 aromatic heterocycles. The molecule has 0 atom stereocenters. The van der Waals surface area contributed by atoms with Crippen molar-refractivity contribution in [3.05, 3.63) is 162 Å². The van der Waals surface area contributed by atoms with Gasteiger partial charge in [-0.3, -0.25) is 5.41 Å². The van der Waals surface area contributed by atoms with Gasteiger partial charge in [0.05, 0.1) is 11.4 Å². The first-order chi connectivity index (χ1) is 20.5. The first-order valence-electron chi connectivity index (χ1n) is 14.6. The topological polar surface area (TPSA) is 73.9 Å². The Labute approximate surface area is 258 Å². The predicted molar refractivity (Wildman–Crippen MR) is 184 cm³/mol. The maximum Gasteiger partial charge on any atom is 0.123 e. The molecular weight excluding hydrogens is 531 g/mol. The van der Waals surface area contributed by atoms with Gasteiger partial charge in [-0.25, -0.2) is 4.39 Å². The quantitative estimate of drug-likeness (QED) is 0.124. The molecule has 0 bridgehead atoms. The molecule has 5 heteroatoms.